The second-order valence-electron chi connectivity index (χ2n) is 3.56. The highest BCUT2D eigenvalue weighted by Crippen LogP contribution is 2.30. The van der Waals surface area contributed by atoms with E-state index in [0.29, 0.717) is 0 Å². The summed E-state index contributed by atoms with van der Waals surface area (Å²) in [5, 5.41) is 11.5. The van der Waals surface area contributed by atoms with Crippen molar-refractivity contribution in [2.75, 3.05) is 5.73 Å². The number of nitrogen functional groups attached to an aromatic ring is 1. The van der Waals surface area contributed by atoms with Gasteiger partial charge in [-0.2, -0.15) is 0 Å². The first kappa shape index (κ1) is 11.4. The van der Waals surface area contributed by atoms with Crippen molar-refractivity contribution >= 4 is 31.5 Å². The van der Waals surface area contributed by atoms with E-state index in [-0.39, 0.29) is 18.5 Å². The van der Waals surface area contributed by atoms with Gasteiger partial charge in [0.1, 0.15) is 0 Å². The highest BCUT2D eigenvalue weighted by Gasteiger charge is 2.05. The second-order valence-corrected chi connectivity index (χ2v) is 4.90. The molecule has 0 amide bonds. The van der Waals surface area contributed by atoms with Gasteiger partial charge in [-0.05, 0) is 37.3 Å². The van der Waals surface area contributed by atoms with Crippen molar-refractivity contribution in [1.82, 2.24) is 0 Å². The fourth-order valence-corrected chi connectivity index (χ4v) is 2.28. The van der Waals surface area contributed by atoms with Gasteiger partial charge >= 0.3 is 0 Å². The molecular weight excluding hydrogens is 235 g/mol. The predicted molar refractivity (Wildman–Crippen MR) is 72.4 cm³/mol. The van der Waals surface area contributed by atoms with Crippen LogP contribution in [0.15, 0.2) is 36.4 Å². The minimum absolute atomic E-state index is 0.132. The van der Waals surface area contributed by atoms with Crippen LogP contribution in [0.1, 0.15) is 10.9 Å². The molecule has 0 saturated heterocycles. The molecule has 0 saturated carbocycles. The van der Waals surface area contributed by atoms with Crippen LogP contribution < -0.4 is 5.73 Å². The van der Waals surface area contributed by atoms with E-state index in [0.717, 1.165) is 16.5 Å². The smallest absolute Gasteiger partial charge is 0.282 e. The maximum absolute atomic E-state index is 10.5. The van der Waals surface area contributed by atoms with E-state index < -0.39 is 0 Å². The molecule has 1 heterocycles. The summed E-state index contributed by atoms with van der Waals surface area (Å²) >= 11 is 0. The Balaban J connectivity index is 2.14. The monoisotopic (exact) mass is 246 g/mol. The van der Waals surface area contributed by atoms with Gasteiger partial charge < -0.3 is 5.73 Å². The number of nitrogens with two attached hydrogens (primary N) is 1. The number of hydrogen-bond donors (Lipinski definition) is 1. The highest BCUT2D eigenvalue weighted by atomic mass is 31.0. The van der Waals surface area contributed by atoms with Crippen molar-refractivity contribution in [3.8, 4) is 0 Å². The van der Waals surface area contributed by atoms with Gasteiger partial charge in [-0.15, -0.1) is 0 Å². The summed E-state index contributed by atoms with van der Waals surface area (Å²) in [7, 11) is 0.132. The average molecular weight is 246 g/mol. The van der Waals surface area contributed by atoms with Crippen LogP contribution in [0.25, 0.3) is 12.2 Å². The summed E-state index contributed by atoms with van der Waals surface area (Å²) in [6.07, 6.45) is 3.83. The Kier molecular flexibility index (Phi) is 3.26. The van der Waals surface area contributed by atoms with Crippen LogP contribution in [0.3, 0.4) is 0 Å². The van der Waals surface area contributed by atoms with Crippen molar-refractivity contribution in [1.29, 1.82) is 0 Å². The van der Waals surface area contributed by atoms with Gasteiger partial charge in [0.15, 0.2) is 0 Å². The van der Waals surface area contributed by atoms with Crippen molar-refractivity contribution < 1.29 is 4.92 Å². The van der Waals surface area contributed by atoms with Crippen LogP contribution in [0, 0.1) is 10.1 Å². The normalized spacial score (nSPS) is 11.3. The van der Waals surface area contributed by atoms with Crippen LogP contribution in [-0.2, 0) is 0 Å². The van der Waals surface area contributed by atoms with Crippen LogP contribution in [-0.4, -0.2) is 4.92 Å². The lowest BCUT2D eigenvalue weighted by atomic mass is 10.2. The van der Waals surface area contributed by atoms with Gasteiger partial charge in [0, 0.05) is 11.8 Å². The Morgan fingerprint density at radius 1 is 1.12 bits per heavy atom. The molecule has 0 aliphatic heterocycles. The SMILES string of the molecule is Nc1ccc(/C=C/c2ccc([N+](=O)[O-])[pH]2)cc1. The van der Waals surface area contributed by atoms with Crippen molar-refractivity contribution in [2.24, 2.45) is 0 Å². The number of nitrogens with zero attached hydrogens (tertiary/aromatic N) is 1. The molecule has 1 aromatic carbocycles. The van der Waals surface area contributed by atoms with Gasteiger partial charge in [-0.3, -0.25) is 10.1 Å². The van der Waals surface area contributed by atoms with Crippen LogP contribution >= 0.6 is 8.19 Å². The van der Waals surface area contributed by atoms with E-state index >= 15 is 0 Å². The van der Waals surface area contributed by atoms with Gasteiger partial charge in [0.25, 0.3) is 5.42 Å². The lowest BCUT2D eigenvalue weighted by molar-refractivity contribution is -0.380. The molecule has 17 heavy (non-hydrogen) atoms. The summed E-state index contributed by atoms with van der Waals surface area (Å²) in [5.41, 5.74) is 7.60. The van der Waals surface area contributed by atoms with Gasteiger partial charge in [-0.1, -0.05) is 24.3 Å². The highest BCUT2D eigenvalue weighted by molar-refractivity contribution is 7.35. The van der Waals surface area contributed by atoms with Gasteiger partial charge in [0.05, 0.1) is 4.92 Å². The lowest BCUT2D eigenvalue weighted by Crippen LogP contribution is -1.82. The number of benzene rings is 1. The molecule has 0 radical (unpaired) electrons. The van der Waals surface area contributed by atoms with E-state index in [1.165, 1.54) is 0 Å². The summed E-state index contributed by atoms with van der Waals surface area (Å²) in [6, 6.07) is 10.8. The molecule has 0 aliphatic carbocycles. The average Bonchev–Trinajstić information content (AvgIpc) is 2.77. The Morgan fingerprint density at radius 2 is 1.82 bits per heavy atom. The fraction of sp³-hybridized carbons (Fsp3) is 0. The second kappa shape index (κ2) is 4.85. The Morgan fingerprint density at radius 3 is 2.41 bits per heavy atom. The quantitative estimate of drug-likeness (QED) is 0.512. The van der Waals surface area contributed by atoms with Crippen LogP contribution in [0.2, 0.25) is 0 Å². The molecule has 1 unspecified atom stereocenters. The van der Waals surface area contributed by atoms with Crippen molar-refractivity contribution in [3.05, 3.63) is 57.4 Å². The number of hydrogen-bond acceptors (Lipinski definition) is 3. The topological polar surface area (TPSA) is 69.2 Å². The first-order valence-corrected chi connectivity index (χ1v) is 6.02. The Hall–Kier alpha value is -2.06. The Labute approximate surface area is 100 Å². The number of rotatable bonds is 3. The van der Waals surface area contributed by atoms with Gasteiger partial charge in [0.2, 0.25) is 0 Å². The molecule has 2 rings (SSSR count). The molecule has 1 atom stereocenters. The third-order valence-corrected chi connectivity index (χ3v) is 3.51. The molecule has 0 aliphatic rings. The summed E-state index contributed by atoms with van der Waals surface area (Å²) in [6.45, 7) is 0. The summed E-state index contributed by atoms with van der Waals surface area (Å²) in [4.78, 5) is 10.2. The summed E-state index contributed by atoms with van der Waals surface area (Å²) < 4.78 is 0. The van der Waals surface area contributed by atoms with E-state index in [4.69, 9.17) is 5.73 Å². The van der Waals surface area contributed by atoms with Crippen molar-refractivity contribution in [3.63, 3.8) is 0 Å². The molecule has 5 heteroatoms. The first-order valence-electron chi connectivity index (χ1n) is 5.02. The third-order valence-electron chi connectivity index (χ3n) is 2.28. The molecule has 1 aromatic heterocycles. The largest absolute Gasteiger partial charge is 0.399 e. The molecule has 4 nitrogen and oxygen atoms in total. The van der Waals surface area contributed by atoms with Gasteiger partial charge in [-0.25, -0.2) is 0 Å². The van der Waals surface area contributed by atoms with E-state index in [2.05, 4.69) is 0 Å². The number of anilines is 1. The molecule has 2 N–H and O–H groups in total. The third kappa shape index (κ3) is 2.95. The molecule has 2 aromatic rings. The zero-order valence-electron chi connectivity index (χ0n) is 8.96. The predicted octanol–water partition coefficient (Wildman–Crippen LogP) is 3.38. The first-order chi connectivity index (χ1) is 8.15. The minimum Gasteiger partial charge on any atom is -0.399 e. The maximum atomic E-state index is 10.5. The zero-order valence-corrected chi connectivity index (χ0v) is 9.96. The molecule has 0 bridgehead atoms. The van der Waals surface area contributed by atoms with Crippen LogP contribution in [0.4, 0.5) is 11.1 Å². The molecule has 86 valence electrons. The standard InChI is InChI=1S/C12H11N2O2P/c13-10-4-1-9(2-5-10)3-6-11-7-8-12(17-11)14(15)16/h1-8,17H,13H2/b6-3+. The summed E-state index contributed by atoms with van der Waals surface area (Å²) in [5.74, 6) is 0. The molecule has 0 spiro atoms. The van der Waals surface area contributed by atoms with Crippen LogP contribution in [0.5, 0.6) is 0 Å². The van der Waals surface area contributed by atoms with E-state index in [1.807, 2.05) is 36.4 Å². The number of nitro groups is 1. The molecule has 0 fully saturated rings. The van der Waals surface area contributed by atoms with E-state index in [1.54, 1.807) is 12.1 Å². The fourth-order valence-electron chi connectivity index (χ4n) is 1.40. The van der Waals surface area contributed by atoms with Crippen molar-refractivity contribution in [2.45, 2.75) is 0 Å². The lowest BCUT2D eigenvalue weighted by Gasteiger charge is -1.93. The molecular formula is C12H11N2O2P. The minimum atomic E-state index is -0.334. The maximum Gasteiger partial charge on any atom is 0.282 e. The van der Waals surface area contributed by atoms with E-state index in [9.17, 15) is 10.1 Å². The zero-order chi connectivity index (χ0) is 12.3. The Bertz CT molecular complexity index is 558.